The molecule has 6 heteroatoms. The van der Waals surface area contributed by atoms with Crippen molar-refractivity contribution in [1.29, 1.82) is 0 Å². The summed E-state index contributed by atoms with van der Waals surface area (Å²) in [4.78, 5) is 0. The molecule has 1 fully saturated rings. The molecule has 0 atom stereocenters. The van der Waals surface area contributed by atoms with Crippen molar-refractivity contribution >= 4 is 23.0 Å². The average Bonchev–Trinajstić information content (AvgIpc) is 3.08. The Morgan fingerprint density at radius 1 is 1.04 bits per heavy atom. The summed E-state index contributed by atoms with van der Waals surface area (Å²) >= 11 is 5.33. The van der Waals surface area contributed by atoms with Gasteiger partial charge in [0.25, 0.3) is 0 Å². The minimum Gasteiger partial charge on any atom is -0.497 e. The second-order valence-corrected chi connectivity index (χ2v) is 6.60. The van der Waals surface area contributed by atoms with Gasteiger partial charge in [0.2, 0.25) is 0 Å². The van der Waals surface area contributed by atoms with Gasteiger partial charge >= 0.3 is 0 Å². The Hall–Kier alpha value is -2.21. The lowest BCUT2D eigenvalue weighted by Gasteiger charge is -2.32. The number of rotatable bonds is 4. The minimum atomic E-state index is -0.672. The van der Waals surface area contributed by atoms with Gasteiger partial charge in [-0.15, -0.1) is 0 Å². The molecule has 2 N–H and O–H groups in total. The summed E-state index contributed by atoms with van der Waals surface area (Å²) in [5.41, 5.74) is 0.518. The molecule has 25 heavy (non-hydrogen) atoms. The number of anilines is 1. The van der Waals surface area contributed by atoms with Gasteiger partial charge in [-0.25, -0.2) is 8.78 Å². The number of hydrogen-bond donors (Lipinski definition) is 2. The van der Waals surface area contributed by atoms with Crippen LogP contribution in [0.15, 0.2) is 42.5 Å². The van der Waals surface area contributed by atoms with Gasteiger partial charge in [0.1, 0.15) is 23.1 Å². The molecule has 3 nitrogen and oxygen atoms in total. The molecule has 0 saturated heterocycles. The molecule has 132 valence electrons. The van der Waals surface area contributed by atoms with E-state index in [1.807, 2.05) is 24.3 Å². The Morgan fingerprint density at radius 3 is 2.20 bits per heavy atom. The maximum atomic E-state index is 13.8. The van der Waals surface area contributed by atoms with Crippen molar-refractivity contribution in [2.45, 2.75) is 31.2 Å². The van der Waals surface area contributed by atoms with E-state index in [1.54, 1.807) is 7.11 Å². The van der Waals surface area contributed by atoms with Gasteiger partial charge in [-0.2, -0.15) is 0 Å². The van der Waals surface area contributed by atoms with Crippen LogP contribution in [-0.2, 0) is 5.54 Å². The first-order chi connectivity index (χ1) is 12.0. The second kappa shape index (κ2) is 7.35. The summed E-state index contributed by atoms with van der Waals surface area (Å²) in [6, 6.07) is 11.5. The number of para-hydroxylation sites is 1. The fourth-order valence-corrected chi connectivity index (χ4v) is 3.65. The van der Waals surface area contributed by atoms with E-state index >= 15 is 0 Å². The summed E-state index contributed by atoms with van der Waals surface area (Å²) in [6.45, 7) is 0. The van der Waals surface area contributed by atoms with Gasteiger partial charge in [0.05, 0.1) is 12.6 Å². The summed E-state index contributed by atoms with van der Waals surface area (Å²) in [6.07, 6.45) is 3.94. The molecule has 0 heterocycles. The van der Waals surface area contributed by atoms with E-state index in [9.17, 15) is 8.78 Å². The second-order valence-electron chi connectivity index (χ2n) is 6.19. The third-order valence-electron chi connectivity index (χ3n) is 4.65. The first-order valence-electron chi connectivity index (χ1n) is 8.22. The van der Waals surface area contributed by atoms with Crippen molar-refractivity contribution < 1.29 is 13.5 Å². The molecular formula is C19H20F2N2OS. The summed E-state index contributed by atoms with van der Waals surface area (Å²) in [5.74, 6) is -0.561. The molecule has 2 aromatic rings. The van der Waals surface area contributed by atoms with Crippen LogP contribution in [0.3, 0.4) is 0 Å². The largest absolute Gasteiger partial charge is 0.497 e. The standard InChI is InChI=1S/C19H20F2N2OS/c1-24-14-9-7-13(8-10-14)19(11-2-3-12-19)23-18(25)22-17-15(20)5-4-6-16(17)21/h4-10H,2-3,11-12H2,1H3,(H2,22,23,25). The zero-order valence-electron chi connectivity index (χ0n) is 13.9. The third kappa shape index (κ3) is 3.74. The number of thiocarbonyl (C=S) groups is 1. The van der Waals surface area contributed by atoms with E-state index in [1.165, 1.54) is 18.2 Å². The maximum Gasteiger partial charge on any atom is 0.171 e. The molecule has 1 aliphatic carbocycles. The van der Waals surface area contributed by atoms with Crippen molar-refractivity contribution in [1.82, 2.24) is 5.32 Å². The number of methoxy groups -OCH3 is 1. The molecule has 0 amide bonds. The van der Waals surface area contributed by atoms with E-state index in [4.69, 9.17) is 17.0 Å². The van der Waals surface area contributed by atoms with Gasteiger partial charge in [0, 0.05) is 0 Å². The number of ether oxygens (including phenoxy) is 1. The van der Waals surface area contributed by atoms with E-state index in [0.717, 1.165) is 37.0 Å². The van der Waals surface area contributed by atoms with Crippen molar-refractivity contribution in [2.24, 2.45) is 0 Å². The van der Waals surface area contributed by atoms with Crippen molar-refractivity contribution in [3.8, 4) is 5.75 Å². The lowest BCUT2D eigenvalue weighted by Crippen LogP contribution is -2.45. The lowest BCUT2D eigenvalue weighted by atomic mass is 9.88. The number of hydrogen-bond acceptors (Lipinski definition) is 2. The number of benzene rings is 2. The Bertz CT molecular complexity index is 738. The first kappa shape index (κ1) is 17.6. The molecule has 3 rings (SSSR count). The molecule has 0 bridgehead atoms. The van der Waals surface area contributed by atoms with E-state index in [0.29, 0.717) is 0 Å². The summed E-state index contributed by atoms with van der Waals surface area (Å²) in [7, 11) is 1.63. The van der Waals surface area contributed by atoms with E-state index < -0.39 is 11.6 Å². The minimum absolute atomic E-state index is 0.210. The summed E-state index contributed by atoms with van der Waals surface area (Å²) in [5, 5.41) is 6.17. The SMILES string of the molecule is COc1ccc(C2(NC(=S)Nc3c(F)cccc3F)CCCC2)cc1. The average molecular weight is 362 g/mol. The van der Waals surface area contributed by atoms with Crippen LogP contribution in [0, 0.1) is 11.6 Å². The van der Waals surface area contributed by atoms with Gasteiger partial charge < -0.3 is 15.4 Å². The van der Waals surface area contributed by atoms with E-state index in [2.05, 4.69) is 10.6 Å². The van der Waals surface area contributed by atoms with Crippen LogP contribution in [0.1, 0.15) is 31.2 Å². The summed E-state index contributed by atoms with van der Waals surface area (Å²) < 4.78 is 32.9. The van der Waals surface area contributed by atoms with Crippen LogP contribution < -0.4 is 15.4 Å². The molecular weight excluding hydrogens is 342 g/mol. The molecule has 0 aliphatic heterocycles. The molecule has 0 unspecified atom stereocenters. The molecule has 0 radical (unpaired) electrons. The molecule has 2 aromatic carbocycles. The number of halogens is 2. The first-order valence-corrected chi connectivity index (χ1v) is 8.63. The topological polar surface area (TPSA) is 33.3 Å². The van der Waals surface area contributed by atoms with Crippen molar-refractivity contribution in [3.63, 3.8) is 0 Å². The monoisotopic (exact) mass is 362 g/mol. The van der Waals surface area contributed by atoms with Crippen LogP contribution >= 0.6 is 12.2 Å². The predicted octanol–water partition coefficient (Wildman–Crippen LogP) is 4.73. The van der Waals surface area contributed by atoms with Gasteiger partial charge in [0.15, 0.2) is 5.11 Å². The van der Waals surface area contributed by atoms with Crippen LogP contribution in [0.5, 0.6) is 5.75 Å². The molecule has 0 aromatic heterocycles. The van der Waals surface area contributed by atoms with Gasteiger partial charge in [-0.1, -0.05) is 31.0 Å². The third-order valence-corrected chi connectivity index (χ3v) is 4.86. The lowest BCUT2D eigenvalue weighted by molar-refractivity contribution is 0.401. The van der Waals surface area contributed by atoms with Gasteiger partial charge in [-0.05, 0) is 54.9 Å². The zero-order chi connectivity index (χ0) is 17.9. The van der Waals surface area contributed by atoms with Crippen LogP contribution in [0.2, 0.25) is 0 Å². The van der Waals surface area contributed by atoms with E-state index in [-0.39, 0.29) is 16.3 Å². The maximum absolute atomic E-state index is 13.8. The Balaban J connectivity index is 1.80. The van der Waals surface area contributed by atoms with Gasteiger partial charge in [-0.3, -0.25) is 0 Å². The molecule has 1 saturated carbocycles. The van der Waals surface area contributed by atoms with Crippen molar-refractivity contribution in [2.75, 3.05) is 12.4 Å². The molecule has 1 aliphatic rings. The fourth-order valence-electron chi connectivity index (χ4n) is 3.35. The highest BCUT2D eigenvalue weighted by Crippen LogP contribution is 2.39. The Morgan fingerprint density at radius 2 is 1.64 bits per heavy atom. The highest BCUT2D eigenvalue weighted by molar-refractivity contribution is 7.80. The fraction of sp³-hybridized carbons (Fsp3) is 0.316. The van der Waals surface area contributed by atoms with Crippen LogP contribution in [-0.4, -0.2) is 12.2 Å². The number of nitrogens with one attached hydrogen (secondary N) is 2. The van der Waals surface area contributed by atoms with Crippen molar-refractivity contribution in [3.05, 3.63) is 59.7 Å². The predicted molar refractivity (Wildman–Crippen MR) is 98.9 cm³/mol. The van der Waals surface area contributed by atoms with Crippen LogP contribution in [0.25, 0.3) is 0 Å². The Labute approximate surface area is 151 Å². The highest BCUT2D eigenvalue weighted by Gasteiger charge is 2.36. The normalized spacial score (nSPS) is 15.6. The zero-order valence-corrected chi connectivity index (χ0v) is 14.8. The Kier molecular flexibility index (Phi) is 5.18. The van der Waals surface area contributed by atoms with Crippen LogP contribution in [0.4, 0.5) is 14.5 Å². The molecule has 0 spiro atoms. The quantitative estimate of drug-likeness (QED) is 0.771. The highest BCUT2D eigenvalue weighted by atomic mass is 32.1. The smallest absolute Gasteiger partial charge is 0.171 e.